The standard InChI is InChI=1S/C17H25F2N3.HI/c1-4-20-16(22-11-9-17(2,3)12-22)21-10-8-13-6-5-7-14(18)15(13)19;/h5-7H,4,8-12H2,1-3H3,(H,20,21);1H. The Bertz CT molecular complexity index is 547. The van der Waals surface area contributed by atoms with Gasteiger partial charge in [0.05, 0.1) is 0 Å². The zero-order valence-electron chi connectivity index (χ0n) is 14.0. The van der Waals surface area contributed by atoms with Crippen molar-refractivity contribution < 1.29 is 8.78 Å². The zero-order valence-corrected chi connectivity index (χ0v) is 16.4. The van der Waals surface area contributed by atoms with Crippen LogP contribution in [0.4, 0.5) is 8.78 Å². The molecular formula is C17H26F2IN3. The van der Waals surface area contributed by atoms with Gasteiger partial charge in [-0.1, -0.05) is 26.0 Å². The van der Waals surface area contributed by atoms with E-state index in [1.807, 2.05) is 6.92 Å². The maximum absolute atomic E-state index is 13.6. The van der Waals surface area contributed by atoms with Gasteiger partial charge in [-0.05, 0) is 36.8 Å². The van der Waals surface area contributed by atoms with Crippen LogP contribution in [0.3, 0.4) is 0 Å². The normalized spacial score (nSPS) is 17.1. The summed E-state index contributed by atoms with van der Waals surface area (Å²) < 4.78 is 26.8. The number of halogens is 3. The average molecular weight is 437 g/mol. The number of nitrogens with zero attached hydrogens (tertiary/aromatic N) is 2. The van der Waals surface area contributed by atoms with Crippen molar-refractivity contribution in [1.29, 1.82) is 0 Å². The van der Waals surface area contributed by atoms with Gasteiger partial charge in [-0.15, -0.1) is 24.0 Å². The molecule has 0 aliphatic carbocycles. The monoisotopic (exact) mass is 437 g/mol. The molecule has 1 aliphatic heterocycles. The minimum Gasteiger partial charge on any atom is -0.357 e. The summed E-state index contributed by atoms with van der Waals surface area (Å²) in [5, 5.41) is 3.28. The average Bonchev–Trinajstić information content (AvgIpc) is 2.82. The topological polar surface area (TPSA) is 27.6 Å². The van der Waals surface area contributed by atoms with Crippen molar-refractivity contribution >= 4 is 29.9 Å². The molecule has 0 amide bonds. The molecule has 0 saturated carbocycles. The highest BCUT2D eigenvalue weighted by atomic mass is 127. The Morgan fingerprint density at radius 2 is 2.09 bits per heavy atom. The van der Waals surface area contributed by atoms with Crippen molar-refractivity contribution in [2.45, 2.75) is 33.6 Å². The fourth-order valence-electron chi connectivity index (χ4n) is 2.74. The van der Waals surface area contributed by atoms with Gasteiger partial charge < -0.3 is 10.2 Å². The highest BCUT2D eigenvalue weighted by Gasteiger charge is 2.30. The van der Waals surface area contributed by atoms with Crippen LogP contribution < -0.4 is 5.32 Å². The van der Waals surface area contributed by atoms with Crippen LogP contribution in [-0.2, 0) is 6.42 Å². The highest BCUT2D eigenvalue weighted by molar-refractivity contribution is 14.0. The summed E-state index contributed by atoms with van der Waals surface area (Å²) in [5.74, 6) is -0.690. The van der Waals surface area contributed by atoms with Crippen molar-refractivity contribution in [2.24, 2.45) is 10.4 Å². The smallest absolute Gasteiger partial charge is 0.193 e. The van der Waals surface area contributed by atoms with E-state index in [0.29, 0.717) is 23.9 Å². The molecule has 0 spiro atoms. The summed E-state index contributed by atoms with van der Waals surface area (Å²) in [6.45, 7) is 9.71. The predicted octanol–water partition coefficient (Wildman–Crippen LogP) is 3.82. The quantitative estimate of drug-likeness (QED) is 0.441. The summed E-state index contributed by atoms with van der Waals surface area (Å²) >= 11 is 0. The van der Waals surface area contributed by atoms with Crippen LogP contribution in [0.2, 0.25) is 0 Å². The molecule has 0 radical (unpaired) electrons. The fraction of sp³-hybridized carbons (Fsp3) is 0.588. The third kappa shape index (κ3) is 5.58. The van der Waals surface area contributed by atoms with E-state index < -0.39 is 11.6 Å². The SMILES string of the molecule is CCNC(=NCCc1cccc(F)c1F)N1CCC(C)(C)C1.I. The Labute approximate surface area is 154 Å². The molecule has 1 fully saturated rings. The van der Waals surface area contributed by atoms with Gasteiger partial charge in [0, 0.05) is 26.2 Å². The van der Waals surface area contributed by atoms with Crippen molar-refractivity contribution in [3.05, 3.63) is 35.4 Å². The van der Waals surface area contributed by atoms with Crippen LogP contribution in [0.25, 0.3) is 0 Å². The maximum Gasteiger partial charge on any atom is 0.193 e. The molecule has 1 aromatic carbocycles. The fourth-order valence-corrected chi connectivity index (χ4v) is 2.74. The summed E-state index contributed by atoms with van der Waals surface area (Å²) in [6.07, 6.45) is 1.53. The lowest BCUT2D eigenvalue weighted by Crippen LogP contribution is -2.40. The first-order chi connectivity index (χ1) is 10.4. The lowest BCUT2D eigenvalue weighted by Gasteiger charge is -2.23. The number of hydrogen-bond acceptors (Lipinski definition) is 1. The van der Waals surface area contributed by atoms with Crippen LogP contribution in [0.15, 0.2) is 23.2 Å². The molecule has 1 heterocycles. The van der Waals surface area contributed by atoms with Gasteiger partial charge in [-0.3, -0.25) is 4.99 Å². The van der Waals surface area contributed by atoms with E-state index in [2.05, 4.69) is 29.1 Å². The van der Waals surface area contributed by atoms with Crippen molar-refractivity contribution in [3.8, 4) is 0 Å². The summed E-state index contributed by atoms with van der Waals surface area (Å²) in [6, 6.07) is 4.28. The third-order valence-electron chi connectivity index (χ3n) is 3.99. The molecule has 1 saturated heterocycles. The minimum absolute atomic E-state index is 0. The largest absolute Gasteiger partial charge is 0.357 e. The Hall–Kier alpha value is -0.920. The number of likely N-dealkylation sites (tertiary alicyclic amines) is 1. The van der Waals surface area contributed by atoms with Crippen LogP contribution in [0.5, 0.6) is 0 Å². The third-order valence-corrected chi connectivity index (χ3v) is 3.99. The molecule has 1 aliphatic rings. The molecule has 23 heavy (non-hydrogen) atoms. The van der Waals surface area contributed by atoms with E-state index in [4.69, 9.17) is 0 Å². The lowest BCUT2D eigenvalue weighted by atomic mass is 9.93. The number of benzene rings is 1. The summed E-state index contributed by atoms with van der Waals surface area (Å²) in [5.41, 5.74) is 0.673. The van der Waals surface area contributed by atoms with Gasteiger partial charge in [-0.2, -0.15) is 0 Å². The molecule has 1 N–H and O–H groups in total. The second-order valence-corrected chi connectivity index (χ2v) is 6.53. The van der Waals surface area contributed by atoms with Crippen LogP contribution >= 0.6 is 24.0 Å². The van der Waals surface area contributed by atoms with Crippen molar-refractivity contribution in [1.82, 2.24) is 10.2 Å². The second-order valence-electron chi connectivity index (χ2n) is 6.53. The Balaban J connectivity index is 0.00000264. The molecule has 2 rings (SSSR count). The van der Waals surface area contributed by atoms with Gasteiger partial charge in [0.15, 0.2) is 17.6 Å². The Kier molecular flexibility index (Phi) is 7.70. The molecule has 0 bridgehead atoms. The first-order valence-corrected chi connectivity index (χ1v) is 7.89. The predicted molar refractivity (Wildman–Crippen MR) is 101 cm³/mol. The van der Waals surface area contributed by atoms with E-state index in [-0.39, 0.29) is 24.0 Å². The maximum atomic E-state index is 13.6. The van der Waals surface area contributed by atoms with Gasteiger partial charge in [0.25, 0.3) is 0 Å². The zero-order chi connectivity index (χ0) is 16.2. The molecule has 6 heteroatoms. The lowest BCUT2D eigenvalue weighted by molar-refractivity contribution is 0.370. The Morgan fingerprint density at radius 1 is 1.35 bits per heavy atom. The molecule has 0 unspecified atom stereocenters. The number of aliphatic imine (C=N–C) groups is 1. The number of nitrogens with one attached hydrogen (secondary N) is 1. The van der Waals surface area contributed by atoms with E-state index in [1.165, 1.54) is 6.07 Å². The van der Waals surface area contributed by atoms with Crippen LogP contribution in [0, 0.1) is 17.0 Å². The Morgan fingerprint density at radius 3 is 2.70 bits per heavy atom. The number of hydrogen-bond donors (Lipinski definition) is 1. The van der Waals surface area contributed by atoms with Crippen LogP contribution in [0.1, 0.15) is 32.8 Å². The van der Waals surface area contributed by atoms with Gasteiger partial charge in [0.2, 0.25) is 0 Å². The number of rotatable bonds is 4. The first-order valence-electron chi connectivity index (χ1n) is 7.89. The minimum atomic E-state index is -0.797. The van der Waals surface area contributed by atoms with E-state index in [0.717, 1.165) is 38.1 Å². The molecular weight excluding hydrogens is 411 g/mol. The van der Waals surface area contributed by atoms with Crippen molar-refractivity contribution in [3.63, 3.8) is 0 Å². The highest BCUT2D eigenvalue weighted by Crippen LogP contribution is 2.28. The second kappa shape index (κ2) is 8.80. The van der Waals surface area contributed by atoms with Gasteiger partial charge >= 0.3 is 0 Å². The summed E-state index contributed by atoms with van der Waals surface area (Å²) in [4.78, 5) is 6.81. The molecule has 3 nitrogen and oxygen atoms in total. The van der Waals surface area contributed by atoms with Crippen molar-refractivity contribution in [2.75, 3.05) is 26.2 Å². The number of guanidine groups is 1. The molecule has 0 atom stereocenters. The van der Waals surface area contributed by atoms with E-state index in [1.54, 1.807) is 6.07 Å². The molecule has 0 aromatic heterocycles. The van der Waals surface area contributed by atoms with Gasteiger partial charge in [-0.25, -0.2) is 8.78 Å². The van der Waals surface area contributed by atoms with E-state index in [9.17, 15) is 8.78 Å². The summed E-state index contributed by atoms with van der Waals surface area (Å²) in [7, 11) is 0. The van der Waals surface area contributed by atoms with Crippen LogP contribution in [-0.4, -0.2) is 37.0 Å². The molecule has 1 aromatic rings. The van der Waals surface area contributed by atoms with Gasteiger partial charge in [0.1, 0.15) is 0 Å². The first kappa shape index (κ1) is 20.1. The van der Waals surface area contributed by atoms with E-state index >= 15 is 0 Å². The molecule has 130 valence electrons.